The Morgan fingerprint density at radius 3 is 2.56 bits per heavy atom. The van der Waals surface area contributed by atoms with Gasteiger partial charge in [0.2, 0.25) is 0 Å². The summed E-state index contributed by atoms with van der Waals surface area (Å²) in [6, 6.07) is 0. The molecule has 4 heteroatoms. The number of ether oxygens (including phenoxy) is 1. The van der Waals surface area contributed by atoms with Gasteiger partial charge < -0.3 is 4.74 Å². The summed E-state index contributed by atoms with van der Waals surface area (Å²) in [4.78, 5) is 10.5. The normalized spacial score (nSPS) is 8.33. The molecule has 0 saturated heterocycles. The van der Waals surface area contributed by atoms with Gasteiger partial charge in [0.1, 0.15) is 0 Å². The van der Waals surface area contributed by atoms with Crippen LogP contribution >= 0.6 is 31.9 Å². The molecule has 0 aromatic carbocycles. The first kappa shape index (κ1) is 9.17. The van der Waals surface area contributed by atoms with Gasteiger partial charge in [-0.25, -0.2) is 4.79 Å². The molecule has 9 heavy (non-hydrogen) atoms. The van der Waals surface area contributed by atoms with Crippen LogP contribution in [0.3, 0.4) is 0 Å². The first-order chi connectivity index (χ1) is 4.16. The third-order valence-corrected chi connectivity index (χ3v) is 0.971. The molecule has 0 atom stereocenters. The Morgan fingerprint density at radius 1 is 1.67 bits per heavy atom. The predicted molar refractivity (Wildman–Crippen MR) is 42.6 cm³/mol. The first-order valence-electron chi connectivity index (χ1n) is 2.36. The summed E-state index contributed by atoms with van der Waals surface area (Å²) in [6.45, 7) is 2.16. The molecular weight excluding hydrogens is 252 g/mol. The van der Waals surface area contributed by atoms with Crippen molar-refractivity contribution in [2.75, 3.05) is 6.61 Å². The minimum Gasteiger partial charge on any atom is -0.463 e. The average molecular weight is 258 g/mol. The Hall–Kier alpha value is 0.170. The number of halogens is 2. The quantitative estimate of drug-likeness (QED) is 0.560. The van der Waals surface area contributed by atoms with Crippen LogP contribution in [0.2, 0.25) is 0 Å². The van der Waals surface area contributed by atoms with E-state index in [1.807, 2.05) is 0 Å². The van der Waals surface area contributed by atoms with Crippen molar-refractivity contribution in [2.24, 2.45) is 0 Å². The van der Waals surface area contributed by atoms with Crippen molar-refractivity contribution >= 4 is 37.8 Å². The molecule has 0 unspecified atom stereocenters. The third kappa shape index (κ3) is 6.05. The van der Waals surface area contributed by atoms with Crippen LogP contribution in [0.5, 0.6) is 0 Å². The largest absolute Gasteiger partial charge is 0.463 e. The van der Waals surface area contributed by atoms with Crippen LogP contribution in [-0.4, -0.2) is 12.6 Å². The van der Waals surface area contributed by atoms with Crippen molar-refractivity contribution in [2.45, 2.75) is 6.92 Å². The lowest BCUT2D eigenvalue weighted by molar-refractivity contribution is -0.137. The Kier molecular flexibility index (Phi) is 5.09. The summed E-state index contributed by atoms with van der Waals surface area (Å²) in [6.07, 6.45) is 1.31. The molecule has 52 valence electrons. The molecule has 0 rings (SSSR count). The van der Waals surface area contributed by atoms with E-state index in [0.29, 0.717) is 10.00 Å². The van der Waals surface area contributed by atoms with Gasteiger partial charge in [0, 0.05) is 6.08 Å². The van der Waals surface area contributed by atoms with E-state index in [0.717, 1.165) is 0 Å². The zero-order chi connectivity index (χ0) is 7.28. The molecule has 0 radical (unpaired) electrons. The van der Waals surface area contributed by atoms with Crippen molar-refractivity contribution < 1.29 is 9.53 Å². The van der Waals surface area contributed by atoms with Crippen molar-refractivity contribution in [1.29, 1.82) is 0 Å². The Balaban J connectivity index is 3.63. The number of rotatable bonds is 2. The second kappa shape index (κ2) is 4.99. The lowest BCUT2D eigenvalue weighted by Crippen LogP contribution is -1.98. The van der Waals surface area contributed by atoms with Crippen LogP contribution in [-0.2, 0) is 9.53 Å². The van der Waals surface area contributed by atoms with Crippen LogP contribution < -0.4 is 0 Å². The van der Waals surface area contributed by atoms with Gasteiger partial charge in [0.15, 0.2) is 0 Å². The molecule has 0 amide bonds. The molecule has 0 aliphatic carbocycles. The smallest absolute Gasteiger partial charge is 0.332 e. The Morgan fingerprint density at radius 2 is 2.22 bits per heavy atom. The van der Waals surface area contributed by atoms with E-state index in [1.54, 1.807) is 6.92 Å². The fraction of sp³-hybridized carbons (Fsp3) is 0.400. The maximum absolute atomic E-state index is 10.5. The summed E-state index contributed by atoms with van der Waals surface area (Å²) < 4.78 is 5.17. The molecule has 0 aliphatic heterocycles. The maximum Gasteiger partial charge on any atom is 0.332 e. The Bertz CT molecular complexity index is 127. The van der Waals surface area contributed by atoms with Gasteiger partial charge >= 0.3 is 5.97 Å². The fourth-order valence-electron chi connectivity index (χ4n) is 0.273. The number of hydrogen-bond donors (Lipinski definition) is 0. The van der Waals surface area contributed by atoms with Crippen molar-refractivity contribution in [3.63, 3.8) is 0 Å². The number of carbonyl (C=O) groups excluding carboxylic acids is 1. The van der Waals surface area contributed by atoms with Crippen LogP contribution in [0.4, 0.5) is 0 Å². The summed E-state index contributed by atoms with van der Waals surface area (Å²) in [7, 11) is 0. The van der Waals surface area contributed by atoms with Gasteiger partial charge in [-0.05, 0) is 38.8 Å². The SMILES string of the molecule is CCOC(=O)C=C(Br)Br. The highest BCUT2D eigenvalue weighted by Gasteiger charge is 1.94. The second-order valence-corrected chi connectivity index (χ2v) is 3.96. The lowest BCUT2D eigenvalue weighted by atomic mass is 10.6. The summed E-state index contributed by atoms with van der Waals surface area (Å²) in [5.41, 5.74) is 0. The number of hydrogen-bond acceptors (Lipinski definition) is 2. The minimum atomic E-state index is -0.346. The highest BCUT2D eigenvalue weighted by molar-refractivity contribution is 9.28. The highest BCUT2D eigenvalue weighted by Crippen LogP contribution is 2.12. The van der Waals surface area contributed by atoms with Gasteiger partial charge in [-0.15, -0.1) is 0 Å². The van der Waals surface area contributed by atoms with Crippen molar-refractivity contribution in [1.82, 2.24) is 0 Å². The Labute approximate surface area is 70.5 Å². The number of carbonyl (C=O) groups is 1. The van der Waals surface area contributed by atoms with E-state index in [4.69, 9.17) is 0 Å². The van der Waals surface area contributed by atoms with Gasteiger partial charge in [0.25, 0.3) is 0 Å². The molecule has 0 heterocycles. The zero-order valence-electron chi connectivity index (χ0n) is 4.86. The topological polar surface area (TPSA) is 26.3 Å². The van der Waals surface area contributed by atoms with Crippen molar-refractivity contribution in [3.05, 3.63) is 9.47 Å². The van der Waals surface area contributed by atoms with Crippen molar-refractivity contribution in [3.8, 4) is 0 Å². The van der Waals surface area contributed by atoms with E-state index in [1.165, 1.54) is 6.08 Å². The van der Waals surface area contributed by atoms with Gasteiger partial charge in [-0.2, -0.15) is 0 Å². The predicted octanol–water partition coefficient (Wildman–Crippen LogP) is 2.18. The van der Waals surface area contributed by atoms with E-state index in [-0.39, 0.29) is 5.97 Å². The van der Waals surface area contributed by atoms with Gasteiger partial charge in [-0.1, -0.05) is 0 Å². The molecule has 0 aliphatic rings. The summed E-state index contributed by atoms with van der Waals surface area (Å²) >= 11 is 6.04. The summed E-state index contributed by atoms with van der Waals surface area (Å²) in [5, 5.41) is 0. The van der Waals surface area contributed by atoms with E-state index in [2.05, 4.69) is 36.6 Å². The van der Waals surface area contributed by atoms with Crippen LogP contribution in [0.1, 0.15) is 6.92 Å². The third-order valence-electron chi connectivity index (χ3n) is 0.514. The first-order valence-corrected chi connectivity index (χ1v) is 3.95. The van der Waals surface area contributed by atoms with E-state index >= 15 is 0 Å². The summed E-state index contributed by atoms with van der Waals surface area (Å²) in [5.74, 6) is -0.346. The monoisotopic (exact) mass is 256 g/mol. The van der Waals surface area contributed by atoms with Crippen LogP contribution in [0.25, 0.3) is 0 Å². The van der Waals surface area contributed by atoms with Crippen LogP contribution in [0, 0.1) is 0 Å². The standard InChI is InChI=1S/C5H6Br2O2/c1-2-9-5(8)3-4(6)7/h3H,2H2,1H3. The highest BCUT2D eigenvalue weighted by atomic mass is 79.9. The number of esters is 1. The molecule has 0 spiro atoms. The molecule has 0 N–H and O–H groups in total. The maximum atomic E-state index is 10.5. The van der Waals surface area contributed by atoms with E-state index < -0.39 is 0 Å². The molecule has 0 aromatic heterocycles. The lowest BCUT2D eigenvalue weighted by Gasteiger charge is -1.93. The molecule has 0 bridgehead atoms. The molecular formula is C5H6Br2O2. The van der Waals surface area contributed by atoms with Crippen LogP contribution in [0.15, 0.2) is 9.47 Å². The van der Waals surface area contributed by atoms with E-state index in [9.17, 15) is 4.79 Å². The zero-order valence-corrected chi connectivity index (χ0v) is 8.03. The molecule has 0 fully saturated rings. The van der Waals surface area contributed by atoms with Gasteiger partial charge in [-0.3, -0.25) is 0 Å². The molecule has 2 nitrogen and oxygen atoms in total. The minimum absolute atomic E-state index is 0.346. The second-order valence-electron chi connectivity index (χ2n) is 1.19. The van der Waals surface area contributed by atoms with Gasteiger partial charge in [0.05, 0.1) is 10.00 Å². The average Bonchev–Trinajstić information content (AvgIpc) is 1.63. The fourth-order valence-corrected chi connectivity index (χ4v) is 0.647. The molecule has 0 aromatic rings. The molecule has 0 saturated carbocycles.